The second kappa shape index (κ2) is 8.00. The largest absolute Gasteiger partial charge is 0.495 e. The zero-order valence-electron chi connectivity index (χ0n) is 14.7. The van der Waals surface area contributed by atoms with Gasteiger partial charge in [0.2, 0.25) is 11.8 Å². The van der Waals surface area contributed by atoms with Gasteiger partial charge in [-0.1, -0.05) is 19.4 Å². The van der Waals surface area contributed by atoms with Crippen molar-refractivity contribution in [3.05, 3.63) is 23.8 Å². The third-order valence-electron chi connectivity index (χ3n) is 4.31. The number of hydrogen-bond donors (Lipinski definition) is 2. The Kier molecular flexibility index (Phi) is 6.01. The van der Waals surface area contributed by atoms with Gasteiger partial charge in [-0.2, -0.15) is 0 Å². The maximum atomic E-state index is 12.4. The molecule has 0 aromatic heterocycles. The molecule has 2 N–H and O–H groups in total. The molecule has 136 valence electrons. The fourth-order valence-electron chi connectivity index (χ4n) is 2.96. The van der Waals surface area contributed by atoms with Gasteiger partial charge in [0.25, 0.3) is 0 Å². The Labute approximate surface area is 147 Å². The lowest BCUT2D eigenvalue weighted by atomic mass is 10.1. The first-order valence-electron chi connectivity index (χ1n) is 8.35. The van der Waals surface area contributed by atoms with Crippen molar-refractivity contribution < 1.29 is 24.2 Å². The maximum absolute atomic E-state index is 12.4. The molecule has 2 atom stereocenters. The van der Waals surface area contributed by atoms with Crippen molar-refractivity contribution in [1.82, 2.24) is 5.32 Å². The molecular weight excluding hydrogens is 324 g/mol. The number of hydrogen-bond acceptors (Lipinski definition) is 4. The fraction of sp³-hybridized carbons (Fsp3) is 0.500. The average molecular weight is 348 g/mol. The number of carbonyl (C=O) groups is 3. The van der Waals surface area contributed by atoms with E-state index in [-0.39, 0.29) is 18.9 Å². The van der Waals surface area contributed by atoms with E-state index in [1.807, 2.05) is 26.0 Å². The van der Waals surface area contributed by atoms with Crippen LogP contribution in [-0.2, 0) is 14.4 Å². The number of amides is 2. The second-order valence-corrected chi connectivity index (χ2v) is 6.27. The third-order valence-corrected chi connectivity index (χ3v) is 4.31. The Morgan fingerprint density at radius 2 is 2.16 bits per heavy atom. The molecule has 2 unspecified atom stereocenters. The zero-order valence-corrected chi connectivity index (χ0v) is 14.7. The summed E-state index contributed by atoms with van der Waals surface area (Å²) in [6.45, 7) is 3.98. The van der Waals surface area contributed by atoms with Crippen LogP contribution in [0.2, 0.25) is 0 Å². The summed E-state index contributed by atoms with van der Waals surface area (Å²) >= 11 is 0. The summed E-state index contributed by atoms with van der Waals surface area (Å²) < 4.78 is 5.31. The molecule has 25 heavy (non-hydrogen) atoms. The molecule has 2 amide bonds. The van der Waals surface area contributed by atoms with Gasteiger partial charge in [-0.25, -0.2) is 4.79 Å². The number of anilines is 1. The molecule has 7 heteroatoms. The summed E-state index contributed by atoms with van der Waals surface area (Å²) in [6.07, 6.45) is 1.06. The van der Waals surface area contributed by atoms with E-state index in [1.165, 1.54) is 12.0 Å². The van der Waals surface area contributed by atoms with Crippen LogP contribution in [-0.4, -0.2) is 42.6 Å². The van der Waals surface area contributed by atoms with Crippen molar-refractivity contribution in [3.63, 3.8) is 0 Å². The van der Waals surface area contributed by atoms with Crippen molar-refractivity contribution in [1.29, 1.82) is 0 Å². The molecule has 0 saturated carbocycles. The molecule has 0 aliphatic carbocycles. The van der Waals surface area contributed by atoms with Gasteiger partial charge in [-0.05, 0) is 31.0 Å². The minimum atomic E-state index is -1.06. The number of carboxylic acid groups (broad SMARTS) is 1. The normalized spacial score (nSPS) is 18.1. The first kappa shape index (κ1) is 18.8. The first-order valence-corrected chi connectivity index (χ1v) is 8.35. The number of ether oxygens (including phenoxy) is 1. The summed E-state index contributed by atoms with van der Waals surface area (Å²) in [4.78, 5) is 37.5. The van der Waals surface area contributed by atoms with Crippen LogP contribution in [0.3, 0.4) is 0 Å². The molecule has 1 heterocycles. The van der Waals surface area contributed by atoms with E-state index in [0.717, 1.165) is 5.56 Å². The van der Waals surface area contributed by atoms with Gasteiger partial charge < -0.3 is 20.1 Å². The molecule has 0 bridgehead atoms. The highest BCUT2D eigenvalue weighted by Crippen LogP contribution is 2.34. The van der Waals surface area contributed by atoms with E-state index in [0.29, 0.717) is 24.3 Å². The standard InChI is InChI=1S/C18H24N2O5/c1-4-5-13(18(23)24)19-17(22)12-9-16(21)20(10-12)14-8-11(2)6-7-15(14)25-3/h6-8,12-13H,4-5,9-10H2,1-3H3,(H,19,22)(H,23,24). The van der Waals surface area contributed by atoms with Crippen LogP contribution in [0.4, 0.5) is 5.69 Å². The van der Waals surface area contributed by atoms with Crippen LogP contribution < -0.4 is 15.0 Å². The van der Waals surface area contributed by atoms with Crippen molar-refractivity contribution in [2.45, 2.75) is 39.2 Å². The summed E-state index contributed by atoms with van der Waals surface area (Å²) in [5.41, 5.74) is 1.61. The molecule has 1 aliphatic heterocycles. The smallest absolute Gasteiger partial charge is 0.326 e. The van der Waals surface area contributed by atoms with Crippen LogP contribution in [0, 0.1) is 12.8 Å². The van der Waals surface area contributed by atoms with E-state index in [1.54, 1.807) is 6.07 Å². The minimum absolute atomic E-state index is 0.0569. The lowest BCUT2D eigenvalue weighted by Crippen LogP contribution is -2.44. The van der Waals surface area contributed by atoms with Crippen LogP contribution in [0.1, 0.15) is 31.7 Å². The second-order valence-electron chi connectivity index (χ2n) is 6.27. The molecule has 1 aliphatic rings. The number of rotatable bonds is 7. The summed E-state index contributed by atoms with van der Waals surface area (Å²) in [6, 6.07) is 4.59. The summed E-state index contributed by atoms with van der Waals surface area (Å²) in [5, 5.41) is 11.7. The molecule has 1 saturated heterocycles. The van der Waals surface area contributed by atoms with Gasteiger partial charge in [-0.3, -0.25) is 9.59 Å². The van der Waals surface area contributed by atoms with Crippen LogP contribution in [0.25, 0.3) is 0 Å². The molecule has 7 nitrogen and oxygen atoms in total. The van der Waals surface area contributed by atoms with Gasteiger partial charge in [0.05, 0.1) is 18.7 Å². The van der Waals surface area contributed by atoms with Gasteiger partial charge in [-0.15, -0.1) is 0 Å². The highest BCUT2D eigenvalue weighted by Gasteiger charge is 2.37. The molecule has 2 rings (SSSR count). The van der Waals surface area contributed by atoms with E-state index < -0.39 is 23.8 Å². The van der Waals surface area contributed by atoms with E-state index >= 15 is 0 Å². The molecule has 0 spiro atoms. The third kappa shape index (κ3) is 4.29. The van der Waals surface area contributed by atoms with Crippen molar-refractivity contribution in [2.24, 2.45) is 5.92 Å². The van der Waals surface area contributed by atoms with E-state index in [4.69, 9.17) is 9.84 Å². The minimum Gasteiger partial charge on any atom is -0.495 e. The molecule has 0 radical (unpaired) electrons. The van der Waals surface area contributed by atoms with Gasteiger partial charge in [0.15, 0.2) is 0 Å². The number of carbonyl (C=O) groups excluding carboxylic acids is 2. The lowest BCUT2D eigenvalue weighted by Gasteiger charge is -2.20. The Bertz CT molecular complexity index is 673. The maximum Gasteiger partial charge on any atom is 0.326 e. The van der Waals surface area contributed by atoms with E-state index in [2.05, 4.69) is 5.32 Å². The van der Waals surface area contributed by atoms with Gasteiger partial charge in [0.1, 0.15) is 11.8 Å². The average Bonchev–Trinajstić information content (AvgIpc) is 2.96. The number of methoxy groups -OCH3 is 1. The topological polar surface area (TPSA) is 95.9 Å². The molecule has 1 aromatic rings. The van der Waals surface area contributed by atoms with Crippen molar-refractivity contribution in [2.75, 3.05) is 18.6 Å². The van der Waals surface area contributed by atoms with E-state index in [9.17, 15) is 14.4 Å². The van der Waals surface area contributed by atoms with Crippen molar-refractivity contribution >= 4 is 23.5 Å². The van der Waals surface area contributed by atoms with Crippen LogP contribution >= 0.6 is 0 Å². The number of nitrogens with zero attached hydrogens (tertiary/aromatic N) is 1. The van der Waals surface area contributed by atoms with Crippen molar-refractivity contribution in [3.8, 4) is 5.75 Å². The highest BCUT2D eigenvalue weighted by molar-refractivity contribution is 6.01. The Morgan fingerprint density at radius 3 is 2.76 bits per heavy atom. The lowest BCUT2D eigenvalue weighted by molar-refractivity contribution is -0.142. The molecular formula is C18H24N2O5. The number of benzene rings is 1. The SMILES string of the molecule is CCCC(NC(=O)C1CC(=O)N(c2cc(C)ccc2OC)C1)C(=O)O. The Morgan fingerprint density at radius 1 is 1.44 bits per heavy atom. The number of carboxylic acids is 1. The quantitative estimate of drug-likeness (QED) is 0.782. The predicted molar refractivity (Wildman–Crippen MR) is 92.7 cm³/mol. The zero-order chi connectivity index (χ0) is 18.6. The van der Waals surface area contributed by atoms with Gasteiger partial charge in [0, 0.05) is 13.0 Å². The van der Waals surface area contributed by atoms with Gasteiger partial charge >= 0.3 is 5.97 Å². The molecule has 1 aromatic carbocycles. The summed E-state index contributed by atoms with van der Waals surface area (Å²) in [5.74, 6) is -1.64. The number of aryl methyl sites for hydroxylation is 1. The fourth-order valence-corrected chi connectivity index (χ4v) is 2.96. The monoisotopic (exact) mass is 348 g/mol. The number of nitrogens with one attached hydrogen (secondary N) is 1. The highest BCUT2D eigenvalue weighted by atomic mass is 16.5. The predicted octanol–water partition coefficient (Wildman–Crippen LogP) is 1.73. The Hall–Kier alpha value is -2.57. The number of aliphatic carboxylic acids is 1. The first-order chi connectivity index (χ1) is 11.9. The Balaban J connectivity index is 2.13. The van der Waals surface area contributed by atoms with Crippen LogP contribution in [0.15, 0.2) is 18.2 Å². The summed E-state index contributed by atoms with van der Waals surface area (Å²) in [7, 11) is 1.53. The van der Waals surface area contributed by atoms with Crippen LogP contribution in [0.5, 0.6) is 5.75 Å². The molecule has 1 fully saturated rings.